The highest BCUT2D eigenvalue weighted by Gasteiger charge is 2.45. The SMILES string of the molecule is CO[C@H]1CCCOC12CCN(C(=O)c1cc3ccc(F)cc3[nH]1)CC2. The van der Waals surface area contributed by atoms with Crippen molar-refractivity contribution in [2.45, 2.75) is 37.4 Å². The molecule has 2 fully saturated rings. The van der Waals surface area contributed by atoms with Crippen molar-refractivity contribution in [2.75, 3.05) is 26.8 Å². The van der Waals surface area contributed by atoms with Crippen LogP contribution in [-0.2, 0) is 9.47 Å². The van der Waals surface area contributed by atoms with Gasteiger partial charge in [0.25, 0.3) is 5.91 Å². The zero-order valence-corrected chi connectivity index (χ0v) is 14.4. The summed E-state index contributed by atoms with van der Waals surface area (Å²) in [6, 6.07) is 6.29. The van der Waals surface area contributed by atoms with Gasteiger partial charge in [-0.05, 0) is 49.9 Å². The van der Waals surface area contributed by atoms with Gasteiger partial charge in [-0.1, -0.05) is 0 Å². The molecule has 1 aromatic heterocycles. The van der Waals surface area contributed by atoms with E-state index in [2.05, 4.69) is 4.98 Å². The number of halogens is 1. The van der Waals surface area contributed by atoms with Crippen molar-refractivity contribution >= 4 is 16.8 Å². The van der Waals surface area contributed by atoms with Gasteiger partial charge in [0, 0.05) is 37.7 Å². The second-order valence-corrected chi connectivity index (χ2v) is 6.99. The molecule has 1 N–H and O–H groups in total. The molecule has 1 spiro atoms. The minimum atomic E-state index is -0.312. The Bertz CT molecular complexity index is 780. The van der Waals surface area contributed by atoms with Gasteiger partial charge in [0.05, 0.1) is 11.7 Å². The van der Waals surface area contributed by atoms with Crippen LogP contribution in [0.4, 0.5) is 4.39 Å². The molecule has 2 saturated heterocycles. The molecule has 0 aliphatic carbocycles. The van der Waals surface area contributed by atoms with Crippen molar-refractivity contribution in [3.63, 3.8) is 0 Å². The number of carbonyl (C=O) groups excluding carboxylic acids is 1. The summed E-state index contributed by atoms with van der Waals surface area (Å²) >= 11 is 0. The van der Waals surface area contributed by atoms with Crippen molar-refractivity contribution in [2.24, 2.45) is 0 Å². The van der Waals surface area contributed by atoms with E-state index in [1.54, 1.807) is 19.2 Å². The number of hydrogen-bond donors (Lipinski definition) is 1. The number of H-pyrrole nitrogens is 1. The molecule has 0 radical (unpaired) electrons. The number of nitrogens with one attached hydrogen (secondary N) is 1. The number of piperidine rings is 1. The lowest BCUT2D eigenvalue weighted by Crippen LogP contribution is -2.56. The minimum absolute atomic E-state index is 0.0452. The monoisotopic (exact) mass is 346 g/mol. The molecule has 134 valence electrons. The molecule has 1 aromatic carbocycles. The summed E-state index contributed by atoms with van der Waals surface area (Å²) in [5.41, 5.74) is 0.893. The molecular weight excluding hydrogens is 323 g/mol. The number of methoxy groups -OCH3 is 1. The van der Waals surface area contributed by atoms with Crippen LogP contribution in [0.3, 0.4) is 0 Å². The molecule has 25 heavy (non-hydrogen) atoms. The molecule has 3 heterocycles. The van der Waals surface area contributed by atoms with Crippen LogP contribution in [0.5, 0.6) is 0 Å². The zero-order chi connectivity index (χ0) is 17.4. The Hall–Kier alpha value is -1.92. The number of aromatic amines is 1. The number of nitrogens with zero attached hydrogens (tertiary/aromatic N) is 1. The molecule has 0 saturated carbocycles. The van der Waals surface area contributed by atoms with Crippen molar-refractivity contribution in [3.8, 4) is 0 Å². The van der Waals surface area contributed by atoms with Crippen molar-refractivity contribution in [1.82, 2.24) is 9.88 Å². The van der Waals surface area contributed by atoms with E-state index in [-0.39, 0.29) is 23.4 Å². The summed E-state index contributed by atoms with van der Waals surface area (Å²) in [5, 5.41) is 0.841. The van der Waals surface area contributed by atoms with E-state index in [9.17, 15) is 9.18 Å². The van der Waals surface area contributed by atoms with Crippen LogP contribution in [0.2, 0.25) is 0 Å². The number of ether oxygens (including phenoxy) is 2. The lowest BCUT2D eigenvalue weighted by Gasteiger charge is -2.47. The summed E-state index contributed by atoms with van der Waals surface area (Å²) < 4.78 is 25.1. The van der Waals surface area contributed by atoms with Gasteiger partial charge in [-0.2, -0.15) is 0 Å². The molecule has 1 amide bonds. The first-order chi connectivity index (χ1) is 12.1. The summed E-state index contributed by atoms with van der Waals surface area (Å²) in [6.45, 7) is 2.05. The highest BCUT2D eigenvalue weighted by molar-refractivity contribution is 5.98. The minimum Gasteiger partial charge on any atom is -0.378 e. The van der Waals surface area contributed by atoms with Crippen LogP contribution in [0.15, 0.2) is 24.3 Å². The first kappa shape index (κ1) is 16.5. The predicted molar refractivity (Wildman–Crippen MR) is 92.1 cm³/mol. The van der Waals surface area contributed by atoms with Gasteiger partial charge in [0.2, 0.25) is 0 Å². The second-order valence-electron chi connectivity index (χ2n) is 6.99. The Morgan fingerprint density at radius 3 is 2.92 bits per heavy atom. The smallest absolute Gasteiger partial charge is 0.270 e. The van der Waals surface area contributed by atoms with Crippen LogP contribution in [0.1, 0.15) is 36.2 Å². The van der Waals surface area contributed by atoms with E-state index < -0.39 is 0 Å². The molecule has 1 atom stereocenters. The van der Waals surface area contributed by atoms with Gasteiger partial charge in [0.15, 0.2) is 0 Å². The summed E-state index contributed by atoms with van der Waals surface area (Å²) in [7, 11) is 1.74. The second kappa shape index (κ2) is 6.42. The Kier molecular flexibility index (Phi) is 4.25. The van der Waals surface area contributed by atoms with Crippen LogP contribution in [-0.4, -0.2) is 54.3 Å². The topological polar surface area (TPSA) is 54.6 Å². The van der Waals surface area contributed by atoms with Crippen LogP contribution < -0.4 is 0 Å². The lowest BCUT2D eigenvalue weighted by molar-refractivity contribution is -0.183. The molecule has 6 heteroatoms. The van der Waals surface area contributed by atoms with Crippen LogP contribution >= 0.6 is 0 Å². The van der Waals surface area contributed by atoms with Crippen molar-refractivity contribution in [3.05, 3.63) is 35.8 Å². The van der Waals surface area contributed by atoms with Crippen molar-refractivity contribution < 1.29 is 18.7 Å². The third-order valence-corrected chi connectivity index (χ3v) is 5.58. The van der Waals surface area contributed by atoms with E-state index in [0.717, 1.165) is 37.7 Å². The standard InChI is InChI=1S/C19H23FN2O3/c1-24-17-3-2-10-25-19(17)6-8-22(9-7-19)18(23)16-11-13-4-5-14(20)12-15(13)21-16/h4-5,11-12,17,21H,2-3,6-10H2,1H3/t17-/m0/s1. The molecule has 0 unspecified atom stereocenters. The maximum absolute atomic E-state index is 13.3. The fourth-order valence-corrected chi connectivity index (χ4v) is 4.17. The van der Waals surface area contributed by atoms with Crippen LogP contribution in [0, 0.1) is 5.82 Å². The normalized spacial score (nSPS) is 23.3. The number of amides is 1. The fourth-order valence-electron chi connectivity index (χ4n) is 4.17. The first-order valence-electron chi connectivity index (χ1n) is 8.86. The largest absolute Gasteiger partial charge is 0.378 e. The molecule has 2 aliphatic rings. The third kappa shape index (κ3) is 2.93. The fraction of sp³-hybridized carbons (Fsp3) is 0.526. The maximum Gasteiger partial charge on any atom is 0.270 e. The van der Waals surface area contributed by atoms with Gasteiger partial charge in [-0.15, -0.1) is 0 Å². The first-order valence-corrected chi connectivity index (χ1v) is 8.86. The van der Waals surface area contributed by atoms with E-state index >= 15 is 0 Å². The average Bonchev–Trinajstić information content (AvgIpc) is 3.05. The number of rotatable bonds is 2. The molecular formula is C19H23FN2O3. The van der Waals surface area contributed by atoms with Gasteiger partial charge in [-0.25, -0.2) is 4.39 Å². The van der Waals surface area contributed by atoms with Crippen LogP contribution in [0.25, 0.3) is 10.9 Å². The molecule has 5 nitrogen and oxygen atoms in total. The third-order valence-electron chi connectivity index (χ3n) is 5.58. The number of fused-ring (bicyclic) bond motifs is 1. The summed E-state index contributed by atoms with van der Waals surface area (Å²) in [4.78, 5) is 17.7. The molecule has 2 aliphatic heterocycles. The highest BCUT2D eigenvalue weighted by Crippen LogP contribution is 2.37. The predicted octanol–water partition coefficient (Wildman–Crippen LogP) is 3.11. The van der Waals surface area contributed by atoms with Crippen molar-refractivity contribution in [1.29, 1.82) is 0 Å². The summed E-state index contributed by atoms with van der Waals surface area (Å²) in [5.74, 6) is -0.357. The van der Waals surface area contributed by atoms with E-state index in [4.69, 9.17) is 9.47 Å². The quantitative estimate of drug-likeness (QED) is 0.909. The Morgan fingerprint density at radius 1 is 1.36 bits per heavy atom. The number of benzene rings is 1. The maximum atomic E-state index is 13.3. The lowest BCUT2D eigenvalue weighted by atomic mass is 9.82. The Labute approximate surface area is 146 Å². The van der Waals surface area contributed by atoms with Gasteiger partial charge >= 0.3 is 0 Å². The summed E-state index contributed by atoms with van der Waals surface area (Å²) in [6.07, 6.45) is 3.71. The Morgan fingerprint density at radius 2 is 2.16 bits per heavy atom. The van der Waals surface area contributed by atoms with Gasteiger partial charge in [0.1, 0.15) is 11.5 Å². The number of hydrogen-bond acceptors (Lipinski definition) is 3. The van der Waals surface area contributed by atoms with E-state index in [0.29, 0.717) is 24.3 Å². The number of aromatic nitrogens is 1. The van der Waals surface area contributed by atoms with Gasteiger partial charge in [-0.3, -0.25) is 4.79 Å². The molecule has 0 bridgehead atoms. The molecule has 4 rings (SSSR count). The highest BCUT2D eigenvalue weighted by atomic mass is 19.1. The Balaban J connectivity index is 1.48. The van der Waals surface area contributed by atoms with E-state index in [1.807, 2.05) is 4.90 Å². The van der Waals surface area contributed by atoms with E-state index in [1.165, 1.54) is 12.1 Å². The van der Waals surface area contributed by atoms with Gasteiger partial charge < -0.3 is 19.4 Å². The molecule has 2 aromatic rings. The zero-order valence-electron chi connectivity index (χ0n) is 14.4. The number of likely N-dealkylation sites (tertiary alicyclic amines) is 1. The number of carbonyl (C=O) groups is 1. The average molecular weight is 346 g/mol.